The first-order chi connectivity index (χ1) is 26.1. The fraction of sp³-hybridized carbons (Fsp3) is 0.425. The third-order valence-electron chi connectivity index (χ3n) is 10.1. The van der Waals surface area contributed by atoms with Gasteiger partial charge in [0.2, 0.25) is 21.8 Å². The van der Waals surface area contributed by atoms with E-state index in [0.717, 1.165) is 5.56 Å². The molecule has 0 bridgehead atoms. The summed E-state index contributed by atoms with van der Waals surface area (Å²) in [5, 5.41) is 5.40. The van der Waals surface area contributed by atoms with Crippen LogP contribution in [0.15, 0.2) is 67.3 Å². The molecule has 290 valence electrons. The first-order valence-corrected chi connectivity index (χ1v) is 19.5. The number of fused-ring (bicyclic) bond motifs is 1. The number of amides is 4. The number of ether oxygens (including phenoxy) is 3. The van der Waals surface area contributed by atoms with Crippen molar-refractivity contribution in [3.05, 3.63) is 67.3 Å². The van der Waals surface area contributed by atoms with Gasteiger partial charge in [0.15, 0.2) is 6.61 Å². The van der Waals surface area contributed by atoms with Crippen molar-refractivity contribution in [2.45, 2.75) is 75.4 Å². The Labute approximate surface area is 320 Å². The predicted molar refractivity (Wildman–Crippen MR) is 204 cm³/mol. The smallest absolute Gasteiger partial charge is 0.408 e. The fourth-order valence-electron chi connectivity index (χ4n) is 6.81. The molecular weight excluding hydrogens is 727 g/mol. The minimum Gasteiger partial charge on any atom is -0.497 e. The molecule has 0 radical (unpaired) electrons. The highest BCUT2D eigenvalue weighted by Gasteiger charge is 2.62. The average molecular weight is 772 g/mol. The molecule has 2 aliphatic carbocycles. The largest absolute Gasteiger partial charge is 0.497 e. The predicted octanol–water partition coefficient (Wildman–Crippen LogP) is 3.70. The van der Waals surface area contributed by atoms with Gasteiger partial charge in [0.1, 0.15) is 35.2 Å². The lowest BCUT2D eigenvalue weighted by Gasteiger charge is -2.35. The number of methoxy groups -OCH3 is 1. The van der Waals surface area contributed by atoms with Crippen LogP contribution in [0.4, 0.5) is 4.79 Å². The fourth-order valence-corrected chi connectivity index (χ4v) is 8.18. The van der Waals surface area contributed by atoms with E-state index in [2.05, 4.69) is 27.9 Å². The Morgan fingerprint density at radius 1 is 1.13 bits per heavy atom. The van der Waals surface area contributed by atoms with E-state index < -0.39 is 74.1 Å². The monoisotopic (exact) mass is 771 g/mol. The molecule has 3 aromatic rings. The molecule has 15 heteroatoms. The van der Waals surface area contributed by atoms with E-state index in [0.29, 0.717) is 40.9 Å². The summed E-state index contributed by atoms with van der Waals surface area (Å²) in [7, 11) is -2.36. The third-order valence-corrected chi connectivity index (χ3v) is 11.9. The second-order valence-electron chi connectivity index (χ2n) is 15.1. The van der Waals surface area contributed by atoms with Gasteiger partial charge in [-0.05, 0) is 36.8 Å². The van der Waals surface area contributed by atoms with E-state index in [1.54, 1.807) is 46.1 Å². The molecule has 1 aliphatic heterocycles. The van der Waals surface area contributed by atoms with Gasteiger partial charge in [-0.3, -0.25) is 19.1 Å². The highest BCUT2D eigenvalue weighted by Crippen LogP contribution is 2.46. The minimum absolute atomic E-state index is 0.00650. The van der Waals surface area contributed by atoms with E-state index in [1.165, 1.54) is 11.0 Å². The molecule has 14 nitrogen and oxygen atoms in total. The topological polar surface area (TPSA) is 182 Å². The molecule has 5 unspecified atom stereocenters. The second kappa shape index (κ2) is 15.3. The number of hydrogen-bond donors (Lipinski definition) is 3. The zero-order valence-electron chi connectivity index (χ0n) is 31.2. The summed E-state index contributed by atoms with van der Waals surface area (Å²) in [6.45, 7) is 8.62. The van der Waals surface area contributed by atoms with Crippen molar-refractivity contribution in [3.63, 3.8) is 0 Å². The van der Waals surface area contributed by atoms with E-state index in [4.69, 9.17) is 25.6 Å². The summed E-state index contributed by atoms with van der Waals surface area (Å²) in [4.78, 5) is 61.3. The maximum atomic E-state index is 14.5. The van der Waals surface area contributed by atoms with E-state index in [-0.39, 0.29) is 26.0 Å². The van der Waals surface area contributed by atoms with Crippen LogP contribution in [0.2, 0.25) is 0 Å². The second-order valence-corrected chi connectivity index (χ2v) is 17.1. The Morgan fingerprint density at radius 2 is 1.85 bits per heavy atom. The Balaban J connectivity index is 1.34. The Kier molecular flexibility index (Phi) is 10.8. The van der Waals surface area contributed by atoms with Crippen LogP contribution in [0, 0.1) is 23.7 Å². The summed E-state index contributed by atoms with van der Waals surface area (Å²) in [5.41, 5.74) is -0.393. The molecule has 1 aromatic heterocycles. The van der Waals surface area contributed by atoms with Crippen LogP contribution in [0.25, 0.3) is 22.2 Å². The van der Waals surface area contributed by atoms with E-state index in [1.807, 2.05) is 36.4 Å². The molecule has 3 aliphatic rings. The number of carbonyl (C=O) groups excluding carboxylic acids is 4. The van der Waals surface area contributed by atoms with Crippen molar-refractivity contribution in [1.82, 2.24) is 25.2 Å². The van der Waals surface area contributed by atoms with Crippen LogP contribution < -0.4 is 24.8 Å². The highest BCUT2D eigenvalue weighted by molar-refractivity contribution is 7.91. The van der Waals surface area contributed by atoms with Crippen molar-refractivity contribution in [2.24, 2.45) is 11.3 Å². The lowest BCUT2D eigenvalue weighted by molar-refractivity contribution is -0.142. The lowest BCUT2D eigenvalue weighted by atomic mass is 9.85. The van der Waals surface area contributed by atoms with Crippen LogP contribution in [0.5, 0.6) is 11.5 Å². The third kappa shape index (κ3) is 8.39. The van der Waals surface area contributed by atoms with Crippen molar-refractivity contribution in [1.29, 1.82) is 0 Å². The maximum absolute atomic E-state index is 14.5. The minimum atomic E-state index is -3.92. The quantitative estimate of drug-likeness (QED) is 0.171. The standard InChI is InChI=1S/C40H45N5O9S/c1-7-18-53-38(49)42-34(39(3,4)5)36(47)45-23-27(20-32(45)35(46)43-40(22-25(40)8-2)37(48)44-55(50,51)28-15-16-28)54-33-21-30(24-12-10-9-11-13-24)41-31-19-26(52-6)14-17-29(31)33/h1,8-14,17,19,21,25,27-28,32,34H,2,15-16,18,20,22-23H2,3-6H3,(H,42,49)(H,43,46)(H,44,48). The van der Waals surface area contributed by atoms with Gasteiger partial charge in [-0.15, -0.1) is 13.0 Å². The number of nitrogens with one attached hydrogen (secondary N) is 3. The molecular formula is C40H45N5O9S. The van der Waals surface area contributed by atoms with Crippen LogP contribution >= 0.6 is 0 Å². The SMILES string of the molecule is C#CCOC(=O)NC(C(=O)N1CC(Oc2cc(-c3ccccc3)nc3cc(OC)ccc23)CC1C(=O)NC1(C(=O)NS(=O)(=O)C2CC2)CC1C=C)C(C)(C)C. The Bertz CT molecular complexity index is 2160. The van der Waals surface area contributed by atoms with Crippen LogP contribution in [-0.4, -0.2) is 91.4 Å². The van der Waals surface area contributed by atoms with Gasteiger partial charge >= 0.3 is 6.09 Å². The molecule has 4 amide bonds. The first kappa shape index (κ1) is 39.1. The first-order valence-electron chi connectivity index (χ1n) is 18.0. The number of hydrogen-bond acceptors (Lipinski definition) is 10. The number of likely N-dealkylation sites (tertiary alicyclic amines) is 1. The van der Waals surface area contributed by atoms with Crippen molar-refractivity contribution in [3.8, 4) is 35.1 Å². The maximum Gasteiger partial charge on any atom is 0.408 e. The Morgan fingerprint density at radius 3 is 2.47 bits per heavy atom. The van der Waals surface area contributed by atoms with Crippen molar-refractivity contribution >= 4 is 44.7 Å². The number of nitrogens with zero attached hydrogens (tertiary/aromatic N) is 2. The molecule has 3 fully saturated rings. The van der Waals surface area contributed by atoms with Gasteiger partial charge < -0.3 is 29.7 Å². The van der Waals surface area contributed by atoms with E-state index in [9.17, 15) is 27.6 Å². The van der Waals surface area contributed by atoms with E-state index >= 15 is 0 Å². The summed E-state index contributed by atoms with van der Waals surface area (Å²) >= 11 is 0. The summed E-state index contributed by atoms with van der Waals surface area (Å²) in [6.07, 6.45) is 6.09. The lowest BCUT2D eigenvalue weighted by Crippen LogP contribution is -2.60. The molecule has 2 saturated carbocycles. The number of pyridine rings is 1. The van der Waals surface area contributed by atoms with Crippen LogP contribution in [-0.2, 0) is 29.1 Å². The van der Waals surface area contributed by atoms with Gasteiger partial charge in [0.05, 0.1) is 30.1 Å². The summed E-state index contributed by atoms with van der Waals surface area (Å²) < 4.78 is 44.7. The van der Waals surface area contributed by atoms with Gasteiger partial charge in [0.25, 0.3) is 5.91 Å². The van der Waals surface area contributed by atoms with Gasteiger partial charge in [-0.1, -0.05) is 63.1 Å². The Hall–Kier alpha value is -5.62. The molecule has 2 heterocycles. The molecule has 0 spiro atoms. The van der Waals surface area contributed by atoms with Gasteiger partial charge in [-0.25, -0.2) is 18.2 Å². The summed E-state index contributed by atoms with van der Waals surface area (Å²) in [6, 6.07) is 14.3. The molecule has 6 rings (SSSR count). The number of alkyl carbamates (subject to hydrolysis) is 1. The number of rotatable bonds is 13. The summed E-state index contributed by atoms with van der Waals surface area (Å²) in [5.74, 6) is 0.546. The van der Waals surface area contributed by atoms with Gasteiger partial charge in [-0.2, -0.15) is 0 Å². The van der Waals surface area contributed by atoms with Crippen molar-refractivity contribution < 1.29 is 41.8 Å². The number of carbonyl (C=O) groups is 4. The zero-order valence-corrected chi connectivity index (χ0v) is 32.0. The number of sulfonamides is 1. The highest BCUT2D eigenvalue weighted by atomic mass is 32.2. The number of terminal acetylenes is 1. The van der Waals surface area contributed by atoms with Crippen molar-refractivity contribution in [2.75, 3.05) is 20.3 Å². The number of aromatic nitrogens is 1. The average Bonchev–Trinajstić information content (AvgIpc) is 4.09. The molecule has 5 atom stereocenters. The molecule has 2 aromatic carbocycles. The molecule has 55 heavy (non-hydrogen) atoms. The normalized spacial score (nSPS) is 22.5. The number of benzene rings is 2. The molecule has 1 saturated heterocycles. The van der Waals surface area contributed by atoms with Gasteiger partial charge in [0, 0.05) is 35.4 Å². The van der Waals surface area contributed by atoms with Crippen LogP contribution in [0.3, 0.4) is 0 Å². The zero-order chi connectivity index (χ0) is 39.7. The molecule has 3 N–H and O–H groups in total. The van der Waals surface area contributed by atoms with Crippen LogP contribution in [0.1, 0.15) is 46.5 Å².